The lowest BCUT2D eigenvalue weighted by Gasteiger charge is -2.20. The summed E-state index contributed by atoms with van der Waals surface area (Å²) in [5.41, 5.74) is 0. The van der Waals surface area contributed by atoms with Crippen LogP contribution in [-0.2, 0) is 9.53 Å². The molecule has 90 valence electrons. The number of rotatable bonds is 8. The fourth-order valence-corrected chi connectivity index (χ4v) is 1.17. The second-order valence-corrected chi connectivity index (χ2v) is 3.63. The Bertz CT molecular complexity index is 257. The van der Waals surface area contributed by atoms with E-state index in [1.165, 1.54) is 0 Å². The second-order valence-electron chi connectivity index (χ2n) is 3.63. The molecule has 0 saturated heterocycles. The van der Waals surface area contributed by atoms with Crippen LogP contribution in [0.5, 0.6) is 0 Å². The van der Waals surface area contributed by atoms with Crippen molar-refractivity contribution in [1.29, 1.82) is 0 Å². The Morgan fingerprint density at radius 2 is 2.00 bits per heavy atom. The van der Waals surface area contributed by atoms with E-state index in [2.05, 4.69) is 13.2 Å². The van der Waals surface area contributed by atoms with Crippen LogP contribution in [0, 0.1) is 0 Å². The zero-order chi connectivity index (χ0) is 12.4. The predicted octanol–water partition coefficient (Wildman–Crippen LogP) is 2.17. The van der Waals surface area contributed by atoms with Gasteiger partial charge in [0, 0.05) is 0 Å². The van der Waals surface area contributed by atoms with Gasteiger partial charge in [0.05, 0.1) is 0 Å². The average Bonchev–Trinajstić information content (AvgIpc) is 2.25. The largest absolute Gasteiger partial charge is 0.460 e. The lowest BCUT2D eigenvalue weighted by Crippen LogP contribution is -2.36. The number of hydrogen-bond acceptors (Lipinski definition) is 3. The van der Waals surface area contributed by atoms with Crippen molar-refractivity contribution in [3.8, 4) is 0 Å². The van der Waals surface area contributed by atoms with Crippen molar-refractivity contribution in [3.05, 3.63) is 37.5 Å². The van der Waals surface area contributed by atoms with Gasteiger partial charge in [-0.1, -0.05) is 30.9 Å². The first-order chi connectivity index (χ1) is 7.63. The monoisotopic (exact) mass is 223 g/mol. The molecule has 1 atom stereocenters. The summed E-state index contributed by atoms with van der Waals surface area (Å²) in [7, 11) is 3.72. The number of allylic oxidation sites excluding steroid dienone is 2. The molecule has 0 aromatic heterocycles. The maximum Gasteiger partial charge on any atom is 0.323 e. The van der Waals surface area contributed by atoms with Crippen LogP contribution < -0.4 is 0 Å². The zero-order valence-corrected chi connectivity index (χ0v) is 10.2. The molecule has 1 unspecified atom stereocenters. The Hall–Kier alpha value is -1.35. The van der Waals surface area contributed by atoms with Crippen LogP contribution in [0.15, 0.2) is 37.5 Å². The van der Waals surface area contributed by atoms with Crippen molar-refractivity contribution in [2.75, 3.05) is 20.7 Å². The fourth-order valence-electron chi connectivity index (χ4n) is 1.17. The molecule has 0 amide bonds. The molecule has 0 aromatic rings. The van der Waals surface area contributed by atoms with Crippen molar-refractivity contribution in [2.45, 2.75) is 18.9 Å². The first-order valence-corrected chi connectivity index (χ1v) is 5.33. The van der Waals surface area contributed by atoms with Crippen LogP contribution >= 0.6 is 0 Å². The standard InChI is InChI=1S/C13H21NO2/c1-5-7-8-9-10-12(14(3)4)13(15)16-11-6-2/h5-6,8-9,12H,1-2,7,10-11H2,3-4H3. The van der Waals surface area contributed by atoms with Gasteiger partial charge in [-0.3, -0.25) is 9.69 Å². The highest BCUT2D eigenvalue weighted by atomic mass is 16.5. The van der Waals surface area contributed by atoms with Gasteiger partial charge >= 0.3 is 5.97 Å². The molecule has 0 aliphatic heterocycles. The number of hydrogen-bond donors (Lipinski definition) is 0. The van der Waals surface area contributed by atoms with E-state index >= 15 is 0 Å². The van der Waals surface area contributed by atoms with Gasteiger partial charge in [0.1, 0.15) is 12.6 Å². The lowest BCUT2D eigenvalue weighted by atomic mass is 10.1. The van der Waals surface area contributed by atoms with E-state index in [-0.39, 0.29) is 18.6 Å². The van der Waals surface area contributed by atoms with Crippen molar-refractivity contribution < 1.29 is 9.53 Å². The number of esters is 1. The third kappa shape index (κ3) is 6.19. The third-order valence-electron chi connectivity index (χ3n) is 2.07. The Labute approximate surface area is 98.1 Å². The Morgan fingerprint density at radius 3 is 2.50 bits per heavy atom. The minimum Gasteiger partial charge on any atom is -0.460 e. The Morgan fingerprint density at radius 1 is 1.31 bits per heavy atom. The zero-order valence-electron chi connectivity index (χ0n) is 10.2. The van der Waals surface area contributed by atoms with E-state index in [1.54, 1.807) is 6.08 Å². The molecule has 3 nitrogen and oxygen atoms in total. The maximum absolute atomic E-state index is 11.6. The number of carbonyl (C=O) groups excluding carboxylic acids is 1. The molecular formula is C13H21NO2. The van der Waals surface area contributed by atoms with E-state index < -0.39 is 0 Å². The smallest absolute Gasteiger partial charge is 0.323 e. The van der Waals surface area contributed by atoms with Gasteiger partial charge in [-0.15, -0.1) is 6.58 Å². The highest BCUT2D eigenvalue weighted by Crippen LogP contribution is 2.04. The quantitative estimate of drug-likeness (QED) is 0.466. The number of likely N-dealkylation sites (N-methyl/N-ethyl adjacent to an activating group) is 1. The van der Waals surface area contributed by atoms with Gasteiger partial charge in [0.25, 0.3) is 0 Å². The molecule has 0 N–H and O–H groups in total. The highest BCUT2D eigenvalue weighted by molar-refractivity contribution is 5.76. The molecule has 0 saturated carbocycles. The maximum atomic E-state index is 11.6. The molecule has 0 radical (unpaired) electrons. The number of ether oxygens (including phenoxy) is 1. The van der Waals surface area contributed by atoms with Crippen molar-refractivity contribution >= 4 is 5.97 Å². The minimum absolute atomic E-state index is 0.215. The van der Waals surface area contributed by atoms with Crippen LogP contribution in [0.1, 0.15) is 12.8 Å². The Balaban J connectivity index is 4.20. The average molecular weight is 223 g/mol. The molecule has 0 heterocycles. The molecule has 0 rings (SSSR count). The van der Waals surface area contributed by atoms with Gasteiger partial charge in [-0.2, -0.15) is 0 Å². The van der Waals surface area contributed by atoms with Crippen LogP contribution in [-0.4, -0.2) is 37.6 Å². The first-order valence-electron chi connectivity index (χ1n) is 5.33. The Kier molecular flexibility index (Phi) is 8.17. The summed E-state index contributed by atoms with van der Waals surface area (Å²) in [6.45, 7) is 7.39. The van der Waals surface area contributed by atoms with Crippen LogP contribution in [0.25, 0.3) is 0 Å². The summed E-state index contributed by atoms with van der Waals surface area (Å²) in [6.07, 6.45) is 8.82. The molecule has 0 aromatic carbocycles. The van der Waals surface area contributed by atoms with E-state index in [0.29, 0.717) is 6.42 Å². The van der Waals surface area contributed by atoms with Crippen molar-refractivity contribution in [3.63, 3.8) is 0 Å². The van der Waals surface area contributed by atoms with Gasteiger partial charge in [0.15, 0.2) is 0 Å². The molecule has 3 heteroatoms. The van der Waals surface area contributed by atoms with Gasteiger partial charge in [0.2, 0.25) is 0 Å². The SMILES string of the molecule is C=CCC=CCC(C(=O)OCC=C)N(C)C. The highest BCUT2D eigenvalue weighted by Gasteiger charge is 2.20. The van der Waals surface area contributed by atoms with E-state index in [9.17, 15) is 4.79 Å². The summed E-state index contributed by atoms with van der Waals surface area (Å²) < 4.78 is 5.02. The molecule has 0 bridgehead atoms. The third-order valence-corrected chi connectivity index (χ3v) is 2.07. The predicted molar refractivity (Wildman–Crippen MR) is 67.2 cm³/mol. The molecular weight excluding hydrogens is 202 g/mol. The van der Waals surface area contributed by atoms with E-state index in [1.807, 2.05) is 37.2 Å². The molecule has 0 aliphatic carbocycles. The summed E-state index contributed by atoms with van der Waals surface area (Å²) in [4.78, 5) is 13.5. The van der Waals surface area contributed by atoms with Crippen molar-refractivity contribution in [2.24, 2.45) is 0 Å². The molecule has 0 spiro atoms. The van der Waals surface area contributed by atoms with E-state index in [4.69, 9.17) is 4.74 Å². The molecule has 0 fully saturated rings. The lowest BCUT2D eigenvalue weighted by molar-refractivity contribution is -0.147. The second kappa shape index (κ2) is 8.92. The molecule has 0 aliphatic rings. The summed E-state index contributed by atoms with van der Waals surface area (Å²) in [5.74, 6) is -0.215. The van der Waals surface area contributed by atoms with Gasteiger partial charge < -0.3 is 4.74 Å². The summed E-state index contributed by atoms with van der Waals surface area (Å²) >= 11 is 0. The van der Waals surface area contributed by atoms with Crippen LogP contribution in [0.2, 0.25) is 0 Å². The minimum atomic E-state index is -0.235. The summed E-state index contributed by atoms with van der Waals surface area (Å²) in [6, 6.07) is -0.235. The first kappa shape index (κ1) is 14.6. The molecule has 16 heavy (non-hydrogen) atoms. The fraction of sp³-hybridized carbons (Fsp3) is 0.462. The van der Waals surface area contributed by atoms with Gasteiger partial charge in [-0.25, -0.2) is 0 Å². The van der Waals surface area contributed by atoms with Crippen LogP contribution in [0.4, 0.5) is 0 Å². The van der Waals surface area contributed by atoms with E-state index in [0.717, 1.165) is 6.42 Å². The van der Waals surface area contributed by atoms with Crippen LogP contribution in [0.3, 0.4) is 0 Å². The van der Waals surface area contributed by atoms with Gasteiger partial charge in [-0.05, 0) is 26.9 Å². The summed E-state index contributed by atoms with van der Waals surface area (Å²) in [5, 5.41) is 0. The number of carbonyl (C=O) groups is 1. The topological polar surface area (TPSA) is 29.5 Å². The normalized spacial score (nSPS) is 12.7. The number of nitrogens with zero attached hydrogens (tertiary/aromatic N) is 1. The van der Waals surface area contributed by atoms with Crippen molar-refractivity contribution in [1.82, 2.24) is 4.90 Å².